The summed E-state index contributed by atoms with van der Waals surface area (Å²) in [5, 5.41) is 13.0. The van der Waals surface area contributed by atoms with Gasteiger partial charge in [-0.3, -0.25) is 4.79 Å². The Kier molecular flexibility index (Phi) is 3.38. The van der Waals surface area contributed by atoms with Crippen molar-refractivity contribution in [1.29, 1.82) is 0 Å². The standard InChI is InChI=1S/C11H15NO2S/c13-7-10-3-1-2-5-12(10)11(14)9-4-6-15-8-9/h4,6,8,10,13H,1-3,5,7H2. The summed E-state index contributed by atoms with van der Waals surface area (Å²) in [6, 6.07) is 1.86. The number of aliphatic hydroxyl groups is 1. The highest BCUT2D eigenvalue weighted by molar-refractivity contribution is 7.08. The van der Waals surface area contributed by atoms with Crippen molar-refractivity contribution in [2.75, 3.05) is 13.2 Å². The van der Waals surface area contributed by atoms with Gasteiger partial charge in [0.25, 0.3) is 5.91 Å². The van der Waals surface area contributed by atoms with E-state index in [0.717, 1.165) is 31.4 Å². The SMILES string of the molecule is O=C(c1ccsc1)N1CCCCC1CO. The Balaban J connectivity index is 2.11. The summed E-state index contributed by atoms with van der Waals surface area (Å²) in [7, 11) is 0. The Labute approximate surface area is 93.3 Å². The first kappa shape index (κ1) is 10.6. The Morgan fingerprint density at radius 2 is 2.47 bits per heavy atom. The molecule has 0 bridgehead atoms. The Hall–Kier alpha value is -0.870. The van der Waals surface area contributed by atoms with Gasteiger partial charge in [0.2, 0.25) is 0 Å². The third-order valence-electron chi connectivity index (χ3n) is 2.87. The van der Waals surface area contributed by atoms with E-state index in [4.69, 9.17) is 0 Å². The van der Waals surface area contributed by atoms with Crippen LogP contribution in [0.15, 0.2) is 16.8 Å². The normalized spacial score (nSPS) is 21.7. The molecule has 1 aliphatic rings. The predicted molar refractivity (Wildman–Crippen MR) is 60.1 cm³/mol. The van der Waals surface area contributed by atoms with Crippen LogP contribution in [-0.2, 0) is 0 Å². The summed E-state index contributed by atoms with van der Waals surface area (Å²) in [4.78, 5) is 13.9. The van der Waals surface area contributed by atoms with E-state index in [9.17, 15) is 9.90 Å². The minimum Gasteiger partial charge on any atom is -0.394 e. The molecule has 82 valence electrons. The van der Waals surface area contributed by atoms with Gasteiger partial charge in [0.05, 0.1) is 18.2 Å². The number of rotatable bonds is 2. The zero-order valence-corrected chi connectivity index (χ0v) is 9.37. The molecule has 15 heavy (non-hydrogen) atoms. The molecule has 1 N–H and O–H groups in total. The number of amides is 1. The lowest BCUT2D eigenvalue weighted by atomic mass is 10.0. The number of hydrogen-bond acceptors (Lipinski definition) is 3. The average Bonchev–Trinajstić information content (AvgIpc) is 2.81. The molecule has 1 atom stereocenters. The number of nitrogens with zero attached hydrogens (tertiary/aromatic N) is 1. The second kappa shape index (κ2) is 4.77. The molecule has 1 unspecified atom stereocenters. The van der Waals surface area contributed by atoms with Gasteiger partial charge in [0, 0.05) is 11.9 Å². The smallest absolute Gasteiger partial charge is 0.255 e. The van der Waals surface area contributed by atoms with E-state index in [0.29, 0.717) is 0 Å². The maximum atomic E-state index is 12.1. The fourth-order valence-corrected chi connectivity index (χ4v) is 2.64. The van der Waals surface area contributed by atoms with Crippen LogP contribution in [0.2, 0.25) is 0 Å². The highest BCUT2D eigenvalue weighted by atomic mass is 32.1. The van der Waals surface area contributed by atoms with E-state index in [1.807, 2.05) is 21.7 Å². The van der Waals surface area contributed by atoms with Crippen LogP contribution in [0.3, 0.4) is 0 Å². The Morgan fingerprint density at radius 1 is 1.60 bits per heavy atom. The van der Waals surface area contributed by atoms with Crippen molar-refractivity contribution >= 4 is 17.2 Å². The molecule has 2 heterocycles. The third-order valence-corrected chi connectivity index (χ3v) is 3.55. The summed E-state index contributed by atoms with van der Waals surface area (Å²) < 4.78 is 0. The molecule has 0 spiro atoms. The molecule has 1 fully saturated rings. The number of carbonyl (C=O) groups excluding carboxylic acids is 1. The number of piperidine rings is 1. The summed E-state index contributed by atoms with van der Waals surface area (Å²) >= 11 is 1.53. The van der Waals surface area contributed by atoms with Crippen molar-refractivity contribution in [2.24, 2.45) is 0 Å². The van der Waals surface area contributed by atoms with Crippen LogP contribution in [0.5, 0.6) is 0 Å². The maximum absolute atomic E-state index is 12.1. The fraction of sp³-hybridized carbons (Fsp3) is 0.545. The van der Waals surface area contributed by atoms with Gasteiger partial charge >= 0.3 is 0 Å². The van der Waals surface area contributed by atoms with Crippen molar-refractivity contribution in [2.45, 2.75) is 25.3 Å². The fourth-order valence-electron chi connectivity index (χ4n) is 2.01. The molecule has 1 aromatic rings. The van der Waals surface area contributed by atoms with Gasteiger partial charge in [0.15, 0.2) is 0 Å². The molecule has 3 nitrogen and oxygen atoms in total. The topological polar surface area (TPSA) is 40.5 Å². The van der Waals surface area contributed by atoms with Crippen LogP contribution in [0.25, 0.3) is 0 Å². The molecule has 1 aromatic heterocycles. The molecule has 1 amide bonds. The largest absolute Gasteiger partial charge is 0.394 e. The maximum Gasteiger partial charge on any atom is 0.255 e. The second-order valence-electron chi connectivity index (χ2n) is 3.84. The summed E-state index contributed by atoms with van der Waals surface area (Å²) in [6.07, 6.45) is 3.08. The van der Waals surface area contributed by atoms with Gasteiger partial charge in [-0.2, -0.15) is 11.3 Å². The summed E-state index contributed by atoms with van der Waals surface area (Å²) in [6.45, 7) is 0.857. The second-order valence-corrected chi connectivity index (χ2v) is 4.62. The number of thiophene rings is 1. The molecule has 2 rings (SSSR count). The lowest BCUT2D eigenvalue weighted by molar-refractivity contribution is 0.0503. The molecular weight excluding hydrogens is 210 g/mol. The van der Waals surface area contributed by atoms with Gasteiger partial charge in [-0.25, -0.2) is 0 Å². The first-order valence-corrected chi connectivity index (χ1v) is 6.21. The molecule has 0 aliphatic carbocycles. The van der Waals surface area contributed by atoms with E-state index in [1.54, 1.807) is 0 Å². The lowest BCUT2D eigenvalue weighted by Crippen LogP contribution is -2.45. The van der Waals surface area contributed by atoms with Crippen molar-refractivity contribution in [3.63, 3.8) is 0 Å². The summed E-state index contributed by atoms with van der Waals surface area (Å²) in [5.41, 5.74) is 0.750. The van der Waals surface area contributed by atoms with Crippen LogP contribution in [0.1, 0.15) is 29.6 Å². The molecule has 1 aliphatic heterocycles. The van der Waals surface area contributed by atoms with Crippen LogP contribution < -0.4 is 0 Å². The van der Waals surface area contributed by atoms with E-state index in [2.05, 4.69) is 0 Å². The molecule has 0 aromatic carbocycles. The molecule has 0 saturated carbocycles. The highest BCUT2D eigenvalue weighted by Gasteiger charge is 2.26. The monoisotopic (exact) mass is 225 g/mol. The number of likely N-dealkylation sites (tertiary alicyclic amines) is 1. The van der Waals surface area contributed by atoms with E-state index >= 15 is 0 Å². The van der Waals surface area contributed by atoms with Crippen LogP contribution in [0.4, 0.5) is 0 Å². The van der Waals surface area contributed by atoms with Crippen molar-refractivity contribution in [1.82, 2.24) is 4.90 Å². The third kappa shape index (κ3) is 2.21. The Morgan fingerprint density at radius 3 is 3.13 bits per heavy atom. The van der Waals surface area contributed by atoms with Gasteiger partial charge in [0.1, 0.15) is 0 Å². The van der Waals surface area contributed by atoms with Gasteiger partial charge < -0.3 is 10.0 Å². The van der Waals surface area contributed by atoms with Crippen molar-refractivity contribution in [3.05, 3.63) is 22.4 Å². The first-order chi connectivity index (χ1) is 7.33. The molecule has 4 heteroatoms. The highest BCUT2D eigenvalue weighted by Crippen LogP contribution is 2.20. The van der Waals surface area contributed by atoms with Gasteiger partial charge in [-0.1, -0.05) is 0 Å². The Bertz CT molecular complexity index is 323. The number of hydrogen-bond donors (Lipinski definition) is 1. The number of carbonyl (C=O) groups is 1. The molecule has 0 radical (unpaired) electrons. The molecule has 1 saturated heterocycles. The zero-order chi connectivity index (χ0) is 10.7. The van der Waals surface area contributed by atoms with Crippen LogP contribution in [-0.4, -0.2) is 35.1 Å². The van der Waals surface area contributed by atoms with Crippen LogP contribution in [0, 0.1) is 0 Å². The minimum absolute atomic E-state index is 0.0196. The summed E-state index contributed by atoms with van der Waals surface area (Å²) in [5.74, 6) is 0.0648. The van der Waals surface area contributed by atoms with Crippen molar-refractivity contribution < 1.29 is 9.90 Å². The molecular formula is C11H15NO2S. The minimum atomic E-state index is 0.0196. The van der Waals surface area contributed by atoms with E-state index < -0.39 is 0 Å². The lowest BCUT2D eigenvalue weighted by Gasteiger charge is -2.34. The van der Waals surface area contributed by atoms with Gasteiger partial charge in [-0.15, -0.1) is 0 Å². The average molecular weight is 225 g/mol. The predicted octanol–water partition coefficient (Wildman–Crippen LogP) is 1.74. The van der Waals surface area contributed by atoms with Crippen molar-refractivity contribution in [3.8, 4) is 0 Å². The van der Waals surface area contributed by atoms with Crippen LogP contribution >= 0.6 is 11.3 Å². The van der Waals surface area contributed by atoms with E-state index in [1.165, 1.54) is 11.3 Å². The first-order valence-electron chi connectivity index (χ1n) is 5.27. The number of aliphatic hydroxyl groups excluding tert-OH is 1. The van der Waals surface area contributed by atoms with Gasteiger partial charge in [-0.05, 0) is 30.7 Å². The quantitative estimate of drug-likeness (QED) is 0.832. The van der Waals surface area contributed by atoms with E-state index in [-0.39, 0.29) is 18.6 Å². The zero-order valence-electron chi connectivity index (χ0n) is 8.56.